The van der Waals surface area contributed by atoms with E-state index in [-0.39, 0.29) is 10.5 Å². The topological polar surface area (TPSA) is 109 Å². The fourth-order valence-electron chi connectivity index (χ4n) is 2.09. The highest BCUT2D eigenvalue weighted by atomic mass is 32.2. The van der Waals surface area contributed by atoms with E-state index < -0.39 is 21.5 Å². The molecule has 2 N–H and O–H groups in total. The molecule has 0 aliphatic rings. The maximum Gasteiger partial charge on any atom is 0.417 e. The third-order valence-electron chi connectivity index (χ3n) is 3.20. The van der Waals surface area contributed by atoms with Crippen molar-refractivity contribution in [1.29, 1.82) is 0 Å². The minimum Gasteiger partial charge on any atom is -0.408 e. The summed E-state index contributed by atoms with van der Waals surface area (Å²) in [6, 6.07) is 10.4. The third kappa shape index (κ3) is 3.16. The van der Waals surface area contributed by atoms with Crippen LogP contribution in [0.3, 0.4) is 0 Å². The highest BCUT2D eigenvalue weighted by molar-refractivity contribution is 7.90. The Labute approximate surface area is 130 Å². The monoisotopic (exact) mass is 332 g/mol. The number of anilines is 1. The summed E-state index contributed by atoms with van der Waals surface area (Å²) in [6.45, 7) is 0. The second kappa shape index (κ2) is 5.40. The van der Waals surface area contributed by atoms with Crippen LogP contribution >= 0.6 is 0 Å². The van der Waals surface area contributed by atoms with Gasteiger partial charge in [-0.3, -0.25) is 9.78 Å². The van der Waals surface area contributed by atoms with Crippen LogP contribution in [0, 0.1) is 0 Å². The lowest BCUT2D eigenvalue weighted by molar-refractivity contribution is 0.102. The van der Waals surface area contributed by atoms with Crippen molar-refractivity contribution in [2.75, 3.05) is 11.6 Å². The number of sulfone groups is 1. The number of carbonyl (C=O) groups is 1. The van der Waals surface area contributed by atoms with Gasteiger partial charge >= 0.3 is 5.76 Å². The van der Waals surface area contributed by atoms with Gasteiger partial charge in [-0.15, -0.1) is 0 Å². The first-order valence-corrected chi connectivity index (χ1v) is 8.46. The molecule has 3 rings (SSSR count). The summed E-state index contributed by atoms with van der Waals surface area (Å²) < 4.78 is 28.0. The van der Waals surface area contributed by atoms with Gasteiger partial charge in [0, 0.05) is 23.6 Å². The molecule has 0 atom stereocenters. The predicted molar refractivity (Wildman–Crippen MR) is 84.3 cm³/mol. The van der Waals surface area contributed by atoms with Crippen molar-refractivity contribution in [2.45, 2.75) is 4.90 Å². The van der Waals surface area contributed by atoms with Crippen LogP contribution in [-0.4, -0.2) is 25.6 Å². The summed E-state index contributed by atoms with van der Waals surface area (Å²) in [4.78, 5) is 25.9. The lowest BCUT2D eigenvalue weighted by atomic mass is 10.2. The number of fused-ring (bicyclic) bond motifs is 1. The fraction of sp³-hybridized carbons (Fsp3) is 0.0667. The maximum atomic E-state index is 12.2. The fourth-order valence-corrected chi connectivity index (χ4v) is 2.76. The summed E-state index contributed by atoms with van der Waals surface area (Å²) in [6.07, 6.45) is 1.08. The quantitative estimate of drug-likeness (QED) is 0.760. The lowest BCUT2D eigenvalue weighted by Crippen LogP contribution is -2.12. The van der Waals surface area contributed by atoms with E-state index in [2.05, 4.69) is 10.3 Å². The van der Waals surface area contributed by atoms with Crippen molar-refractivity contribution in [3.05, 3.63) is 58.6 Å². The minimum atomic E-state index is -3.39. The summed E-state index contributed by atoms with van der Waals surface area (Å²) in [5.74, 6) is -1.04. The largest absolute Gasteiger partial charge is 0.417 e. The Morgan fingerprint density at radius 2 is 1.96 bits per heavy atom. The molecule has 0 fully saturated rings. The smallest absolute Gasteiger partial charge is 0.408 e. The number of amides is 1. The number of nitrogens with one attached hydrogen (secondary N) is 2. The van der Waals surface area contributed by atoms with Gasteiger partial charge in [-0.25, -0.2) is 13.2 Å². The molecule has 2 aromatic carbocycles. The molecule has 1 heterocycles. The van der Waals surface area contributed by atoms with Crippen molar-refractivity contribution in [3.8, 4) is 0 Å². The molecular weight excluding hydrogens is 320 g/mol. The number of benzene rings is 2. The van der Waals surface area contributed by atoms with Crippen LogP contribution in [0.15, 0.2) is 56.6 Å². The minimum absolute atomic E-state index is 0.0669. The molecule has 1 amide bonds. The molecule has 0 bridgehead atoms. The van der Waals surface area contributed by atoms with E-state index in [4.69, 9.17) is 4.42 Å². The zero-order valence-electron chi connectivity index (χ0n) is 12.0. The number of rotatable bonds is 3. The molecule has 7 nitrogen and oxygen atoms in total. The number of aromatic amines is 1. The van der Waals surface area contributed by atoms with Gasteiger partial charge in [0.15, 0.2) is 15.4 Å². The first kappa shape index (κ1) is 15.0. The number of hydrogen-bond donors (Lipinski definition) is 2. The van der Waals surface area contributed by atoms with E-state index in [1.807, 2.05) is 0 Å². The van der Waals surface area contributed by atoms with Crippen molar-refractivity contribution in [2.24, 2.45) is 0 Å². The average molecular weight is 332 g/mol. The molecule has 0 unspecified atom stereocenters. The van der Waals surface area contributed by atoms with Crippen molar-refractivity contribution < 1.29 is 17.6 Å². The van der Waals surface area contributed by atoms with Crippen LogP contribution in [-0.2, 0) is 9.84 Å². The second-order valence-electron chi connectivity index (χ2n) is 4.98. The van der Waals surface area contributed by atoms with Gasteiger partial charge in [0.05, 0.1) is 10.4 Å². The Morgan fingerprint density at radius 1 is 1.17 bits per heavy atom. The molecule has 0 spiro atoms. The summed E-state index contributed by atoms with van der Waals surface area (Å²) in [5, 5.41) is 2.63. The lowest BCUT2D eigenvalue weighted by Gasteiger charge is -2.06. The highest BCUT2D eigenvalue weighted by Gasteiger charge is 2.12. The number of oxazole rings is 1. The molecule has 1 aromatic heterocycles. The molecule has 3 aromatic rings. The number of hydrogen-bond acceptors (Lipinski definition) is 5. The van der Waals surface area contributed by atoms with Gasteiger partial charge in [0.25, 0.3) is 5.91 Å². The zero-order valence-corrected chi connectivity index (χ0v) is 12.8. The standard InChI is InChI=1S/C15H12N2O5S/c1-23(20,21)11-4-2-3-9(7-11)14(18)16-10-5-6-12-13(8-10)22-15(19)17-12/h2-8H,1H3,(H,16,18)(H,17,19). The van der Waals surface area contributed by atoms with Crippen LogP contribution in [0.5, 0.6) is 0 Å². The van der Waals surface area contributed by atoms with Gasteiger partial charge < -0.3 is 9.73 Å². The Hall–Kier alpha value is -2.87. The average Bonchev–Trinajstić information content (AvgIpc) is 2.86. The van der Waals surface area contributed by atoms with Gasteiger partial charge in [-0.2, -0.15) is 0 Å². The Balaban J connectivity index is 1.89. The third-order valence-corrected chi connectivity index (χ3v) is 4.31. The molecule has 23 heavy (non-hydrogen) atoms. The summed E-state index contributed by atoms with van der Waals surface area (Å²) in [5.41, 5.74) is 1.48. The van der Waals surface area contributed by atoms with Crippen molar-refractivity contribution in [1.82, 2.24) is 4.98 Å². The normalized spacial score (nSPS) is 11.5. The van der Waals surface area contributed by atoms with E-state index in [1.165, 1.54) is 30.3 Å². The Bertz CT molecular complexity index is 1060. The van der Waals surface area contributed by atoms with Crippen LogP contribution in [0.4, 0.5) is 5.69 Å². The molecule has 118 valence electrons. The van der Waals surface area contributed by atoms with E-state index >= 15 is 0 Å². The molecule has 0 aliphatic carbocycles. The maximum absolute atomic E-state index is 12.2. The van der Waals surface area contributed by atoms with Crippen LogP contribution in [0.1, 0.15) is 10.4 Å². The number of carbonyl (C=O) groups excluding carboxylic acids is 1. The highest BCUT2D eigenvalue weighted by Crippen LogP contribution is 2.18. The SMILES string of the molecule is CS(=O)(=O)c1cccc(C(=O)Nc2ccc3[nH]c(=O)oc3c2)c1. The van der Waals surface area contributed by atoms with Gasteiger partial charge in [0.1, 0.15) is 0 Å². The van der Waals surface area contributed by atoms with Gasteiger partial charge in [0.2, 0.25) is 0 Å². The first-order valence-electron chi connectivity index (χ1n) is 6.57. The summed E-state index contributed by atoms with van der Waals surface area (Å²) in [7, 11) is -3.39. The Kier molecular flexibility index (Phi) is 3.53. The number of aromatic nitrogens is 1. The molecule has 8 heteroatoms. The van der Waals surface area contributed by atoms with E-state index in [9.17, 15) is 18.0 Å². The zero-order chi connectivity index (χ0) is 16.6. The van der Waals surface area contributed by atoms with Crippen LogP contribution in [0.25, 0.3) is 11.1 Å². The van der Waals surface area contributed by atoms with E-state index in [0.29, 0.717) is 16.8 Å². The molecular formula is C15H12N2O5S. The molecule has 0 radical (unpaired) electrons. The molecule has 0 aliphatic heterocycles. The van der Waals surface area contributed by atoms with Crippen molar-refractivity contribution in [3.63, 3.8) is 0 Å². The van der Waals surface area contributed by atoms with Gasteiger partial charge in [-0.1, -0.05) is 6.07 Å². The van der Waals surface area contributed by atoms with E-state index in [1.54, 1.807) is 12.1 Å². The van der Waals surface area contributed by atoms with Crippen LogP contribution < -0.4 is 11.1 Å². The molecule has 0 saturated carbocycles. The van der Waals surface area contributed by atoms with Crippen LogP contribution in [0.2, 0.25) is 0 Å². The van der Waals surface area contributed by atoms with E-state index in [0.717, 1.165) is 6.26 Å². The molecule has 0 saturated heterocycles. The Morgan fingerprint density at radius 3 is 2.70 bits per heavy atom. The number of H-pyrrole nitrogens is 1. The second-order valence-corrected chi connectivity index (χ2v) is 7.00. The first-order chi connectivity index (χ1) is 10.8. The predicted octanol–water partition coefficient (Wildman–Crippen LogP) is 1.78. The summed E-state index contributed by atoms with van der Waals surface area (Å²) >= 11 is 0. The van der Waals surface area contributed by atoms with Gasteiger partial charge in [-0.05, 0) is 30.3 Å². The van der Waals surface area contributed by atoms with Crippen molar-refractivity contribution >= 4 is 32.5 Å².